The molecule has 2 aliphatic carbocycles. The van der Waals surface area contributed by atoms with Gasteiger partial charge < -0.3 is 39.4 Å². The number of amides is 2. The van der Waals surface area contributed by atoms with Crippen LogP contribution in [0.5, 0.6) is 23.3 Å². The number of halogens is 6. The van der Waals surface area contributed by atoms with Crippen molar-refractivity contribution >= 4 is 65.3 Å². The summed E-state index contributed by atoms with van der Waals surface area (Å²) < 4.78 is 162. The van der Waals surface area contributed by atoms with Crippen molar-refractivity contribution in [1.29, 1.82) is 0 Å². The fourth-order valence-corrected chi connectivity index (χ4v) is 16.3. The van der Waals surface area contributed by atoms with Gasteiger partial charge in [-0.1, -0.05) is 24.3 Å². The van der Waals surface area contributed by atoms with Gasteiger partial charge in [-0.15, -0.1) is 0 Å². The first-order chi connectivity index (χ1) is 47.2. The van der Waals surface area contributed by atoms with Gasteiger partial charge in [-0.25, -0.2) is 82.7 Å². The van der Waals surface area contributed by atoms with Crippen LogP contribution in [0.4, 0.5) is 47.8 Å². The van der Waals surface area contributed by atoms with E-state index in [0.717, 1.165) is 37.8 Å². The lowest BCUT2D eigenvalue weighted by Crippen LogP contribution is -2.47. The van der Waals surface area contributed by atoms with Crippen LogP contribution in [0.2, 0.25) is 0 Å². The summed E-state index contributed by atoms with van der Waals surface area (Å²) >= 11 is 0. The average molecular weight is 1420 g/mol. The van der Waals surface area contributed by atoms with Crippen molar-refractivity contribution in [2.24, 2.45) is 11.8 Å². The third-order valence-electron chi connectivity index (χ3n) is 17.9. The van der Waals surface area contributed by atoms with Crippen LogP contribution in [-0.2, 0) is 40.7 Å². The molecule has 0 radical (unpaired) electrons. The number of carbonyl (C=O) groups is 2. The third-order valence-corrected chi connectivity index (χ3v) is 21.2. The second-order valence-electron chi connectivity index (χ2n) is 28.0. The zero-order valence-electron chi connectivity index (χ0n) is 56.8. The first-order valence-electron chi connectivity index (χ1n) is 33.2. The monoisotopic (exact) mass is 1420 g/mol. The Kier molecular flexibility index (Phi) is 21.0. The predicted octanol–water partition coefficient (Wildman–Crippen LogP) is 15.4. The van der Waals surface area contributed by atoms with Gasteiger partial charge in [-0.2, -0.15) is 0 Å². The summed E-state index contributed by atoms with van der Waals surface area (Å²) in [5, 5.41) is 8.16. The summed E-state index contributed by atoms with van der Waals surface area (Å²) in [6, 6.07) is 22.2. The van der Waals surface area contributed by atoms with Crippen molar-refractivity contribution < 1.29 is 71.7 Å². The van der Waals surface area contributed by atoms with Gasteiger partial charge in [-0.3, -0.25) is 0 Å². The SMILES string of the molecule is Cc1ccc2c(CS(=O)(=O)C[C@@H]3CCC3(F)F)c(F)ccc2c1Oc1ncccc1-c1ccnc(N[C@H]2CCCN(C(=O)OC(C)(C)C)C2)n1.Cc1ccc2c(CS(=O)(=O)C[C@H]3CCC3(F)F)c(F)ccc2c1Oc1ncccc1-c1ccnc(N[C@H]2CCCN(C(=O)OC(C)(C)C)C2)n1. The minimum atomic E-state index is -4.05. The molecule has 2 N–H and O–H groups in total. The fourth-order valence-electron chi connectivity index (χ4n) is 12.5. The van der Waals surface area contributed by atoms with E-state index in [0.29, 0.717) is 105 Å². The zero-order chi connectivity index (χ0) is 71.7. The molecule has 4 fully saturated rings. The van der Waals surface area contributed by atoms with Crippen LogP contribution in [0.25, 0.3) is 44.1 Å². The van der Waals surface area contributed by atoms with E-state index < -0.39 is 89.2 Å². The van der Waals surface area contributed by atoms with E-state index in [4.69, 9.17) is 28.9 Å². The van der Waals surface area contributed by atoms with Crippen molar-refractivity contribution in [2.75, 3.05) is 48.3 Å². The van der Waals surface area contributed by atoms with Crippen molar-refractivity contribution in [3.05, 3.63) is 144 Å². The molecule has 2 amide bonds. The van der Waals surface area contributed by atoms with Crippen LogP contribution in [-0.4, -0.2) is 142 Å². The highest BCUT2D eigenvalue weighted by molar-refractivity contribution is 7.90. The van der Waals surface area contributed by atoms with E-state index in [-0.39, 0.29) is 72.8 Å². The molecule has 532 valence electrons. The van der Waals surface area contributed by atoms with Crippen LogP contribution in [0.3, 0.4) is 0 Å². The Balaban J connectivity index is 0.000000202. The number of piperidine rings is 2. The molecule has 8 aromatic rings. The highest BCUT2D eigenvalue weighted by atomic mass is 32.2. The maximum absolute atomic E-state index is 15.2. The van der Waals surface area contributed by atoms with Gasteiger partial charge in [0.2, 0.25) is 23.7 Å². The number of likely N-dealkylation sites (tertiary alicyclic amines) is 2. The molecular formula is C72H80F6N10O10S2. The van der Waals surface area contributed by atoms with E-state index in [2.05, 4.69) is 30.6 Å². The molecule has 0 spiro atoms. The maximum Gasteiger partial charge on any atom is 0.410 e. The number of nitrogens with one attached hydrogen (secondary N) is 2. The van der Waals surface area contributed by atoms with Crippen LogP contribution < -0.4 is 20.1 Å². The zero-order valence-corrected chi connectivity index (χ0v) is 58.4. The summed E-state index contributed by atoms with van der Waals surface area (Å²) in [6.07, 6.45) is 8.34. The number of hydrogen-bond donors (Lipinski definition) is 2. The number of pyridine rings is 2. The Morgan fingerprint density at radius 2 is 0.920 bits per heavy atom. The van der Waals surface area contributed by atoms with E-state index in [1.807, 2.05) is 41.5 Å². The quantitative estimate of drug-likeness (QED) is 0.0758. The molecule has 4 aromatic heterocycles. The number of anilines is 2. The molecule has 12 rings (SSSR count). The summed E-state index contributed by atoms with van der Waals surface area (Å²) in [6.45, 7) is 16.6. The minimum Gasteiger partial charge on any atom is -0.444 e. The number of fused-ring (bicyclic) bond motifs is 2. The minimum absolute atomic E-state index is 0.0990. The van der Waals surface area contributed by atoms with Gasteiger partial charge in [-0.05, 0) is 176 Å². The topological polar surface area (TPSA) is 247 Å². The van der Waals surface area contributed by atoms with Crippen LogP contribution in [0.1, 0.15) is 115 Å². The molecule has 6 heterocycles. The first-order valence-corrected chi connectivity index (χ1v) is 36.8. The Hall–Kier alpha value is -8.92. The molecule has 2 saturated carbocycles. The van der Waals surface area contributed by atoms with Crippen LogP contribution in [0, 0.1) is 37.3 Å². The van der Waals surface area contributed by atoms with Crippen molar-refractivity contribution in [3.8, 4) is 45.8 Å². The largest absolute Gasteiger partial charge is 0.444 e. The summed E-state index contributed by atoms with van der Waals surface area (Å²) in [5.74, 6) is -11.1. The molecule has 4 atom stereocenters. The number of benzene rings is 4. The smallest absolute Gasteiger partial charge is 0.410 e. The Bertz CT molecular complexity index is 4330. The normalized spacial score (nSPS) is 19.1. The molecule has 4 aliphatic rings. The number of carbonyl (C=O) groups excluding carboxylic acids is 2. The van der Waals surface area contributed by atoms with Gasteiger partial charge in [0.25, 0.3) is 11.8 Å². The maximum atomic E-state index is 15.2. The van der Waals surface area contributed by atoms with E-state index in [1.54, 1.807) is 109 Å². The number of rotatable bonds is 18. The number of sulfone groups is 2. The molecule has 20 nitrogen and oxygen atoms in total. The number of hydrogen-bond acceptors (Lipinski definition) is 18. The highest BCUT2D eigenvalue weighted by Crippen LogP contribution is 2.47. The second kappa shape index (κ2) is 29.0. The number of alkyl halides is 4. The lowest BCUT2D eigenvalue weighted by atomic mass is 9.82. The fraction of sp³-hybridized carbons (Fsp3) is 0.444. The summed E-state index contributed by atoms with van der Waals surface area (Å²) in [4.78, 5) is 55.8. The van der Waals surface area contributed by atoms with Gasteiger partial charge in [0.15, 0.2) is 19.7 Å². The van der Waals surface area contributed by atoms with Gasteiger partial charge >= 0.3 is 12.2 Å². The highest BCUT2D eigenvalue weighted by Gasteiger charge is 2.51. The molecule has 0 bridgehead atoms. The molecule has 2 saturated heterocycles. The lowest BCUT2D eigenvalue weighted by molar-refractivity contribution is -0.122. The number of nitrogens with zero attached hydrogens (tertiary/aromatic N) is 8. The molecule has 100 heavy (non-hydrogen) atoms. The van der Waals surface area contributed by atoms with Crippen molar-refractivity contribution in [3.63, 3.8) is 0 Å². The Labute approximate surface area is 576 Å². The van der Waals surface area contributed by atoms with Gasteiger partial charge in [0.05, 0.1) is 45.5 Å². The van der Waals surface area contributed by atoms with Gasteiger partial charge in [0.1, 0.15) is 34.3 Å². The van der Waals surface area contributed by atoms with Crippen molar-refractivity contribution in [2.45, 2.75) is 153 Å². The summed E-state index contributed by atoms with van der Waals surface area (Å²) in [7, 11) is -8.11. The molecule has 0 unspecified atom stereocenters. The molecule has 2 aliphatic heterocycles. The van der Waals surface area contributed by atoms with Gasteiger partial charge in [0, 0.05) is 110 Å². The van der Waals surface area contributed by atoms with E-state index >= 15 is 8.78 Å². The standard InChI is InChI=1S/2C36H40F3N5O5S/c2*1-22-9-10-25-26(11-12-29(37)28(25)21-50(46,47)20-23-13-15-36(23,38)39)31(22)48-32-27(8-5-16-40-32)30-14-17-41-33(43-30)42-24-7-6-18-44(19-24)34(45)49-35(2,3)4/h2*5,8-12,14,16-17,23-24H,6-7,13,15,18-21H2,1-4H3,(H,41,42,43)/t23-,24+;23-,24-/m10/s1. The van der Waals surface area contributed by atoms with Crippen LogP contribution >= 0.6 is 0 Å². The van der Waals surface area contributed by atoms with Crippen LogP contribution in [0.15, 0.2) is 110 Å². The molecular weight excluding hydrogens is 1340 g/mol. The van der Waals surface area contributed by atoms with E-state index in [9.17, 15) is 44.0 Å². The number of aromatic nitrogens is 6. The third kappa shape index (κ3) is 17.4. The Morgan fingerprint density at radius 3 is 1.28 bits per heavy atom. The molecule has 28 heteroatoms. The number of aryl methyl sites for hydroxylation is 2. The summed E-state index contributed by atoms with van der Waals surface area (Å²) in [5.41, 5.74) is 2.06. The molecule has 4 aromatic carbocycles. The lowest BCUT2D eigenvalue weighted by Gasteiger charge is -2.35. The average Bonchev–Trinajstić information content (AvgIpc) is 0.774. The van der Waals surface area contributed by atoms with Crippen molar-refractivity contribution in [1.82, 2.24) is 39.7 Å². The predicted molar refractivity (Wildman–Crippen MR) is 367 cm³/mol. The second-order valence-corrected chi connectivity index (χ2v) is 32.3. The number of ether oxygens (including phenoxy) is 4. The first kappa shape index (κ1) is 72.3. The van der Waals surface area contributed by atoms with E-state index in [1.165, 1.54) is 12.1 Å². The Morgan fingerprint density at radius 1 is 0.530 bits per heavy atom.